The van der Waals surface area contributed by atoms with Crippen molar-refractivity contribution in [3.05, 3.63) is 41.5 Å². The van der Waals surface area contributed by atoms with Crippen molar-refractivity contribution < 1.29 is 14.3 Å². The summed E-state index contributed by atoms with van der Waals surface area (Å²) in [5.74, 6) is -0.231. The molecule has 1 aromatic rings. The summed E-state index contributed by atoms with van der Waals surface area (Å²) in [7, 11) is 1.66. The molecule has 1 saturated carbocycles. The number of rotatable bonds is 7. The molecule has 1 fully saturated rings. The van der Waals surface area contributed by atoms with Gasteiger partial charge in [-0.15, -0.1) is 0 Å². The van der Waals surface area contributed by atoms with Crippen LogP contribution in [-0.4, -0.2) is 32.0 Å². The van der Waals surface area contributed by atoms with Gasteiger partial charge >= 0.3 is 11.8 Å². The van der Waals surface area contributed by atoms with Crippen molar-refractivity contribution >= 4 is 11.8 Å². The van der Waals surface area contributed by atoms with Crippen LogP contribution in [0.25, 0.3) is 0 Å². The molecule has 28 heavy (non-hydrogen) atoms. The Morgan fingerprint density at radius 3 is 2.36 bits per heavy atom. The second kappa shape index (κ2) is 9.76. The Balaban J connectivity index is 1.50. The van der Waals surface area contributed by atoms with E-state index >= 15 is 0 Å². The smallest absolute Gasteiger partial charge is 0.309 e. The lowest BCUT2D eigenvalue weighted by Gasteiger charge is -2.30. The second-order valence-electron chi connectivity index (χ2n) is 8.01. The zero-order valence-electron chi connectivity index (χ0n) is 16.9. The Kier molecular flexibility index (Phi) is 7.12. The summed E-state index contributed by atoms with van der Waals surface area (Å²) < 4.78 is 5.25. The Morgan fingerprint density at radius 2 is 1.71 bits per heavy atom. The lowest BCUT2D eigenvalue weighted by Crippen LogP contribution is -2.45. The Morgan fingerprint density at radius 1 is 1.00 bits per heavy atom. The lowest BCUT2D eigenvalue weighted by atomic mass is 9.78. The monoisotopic (exact) mass is 384 g/mol. The van der Waals surface area contributed by atoms with Crippen LogP contribution in [0.1, 0.15) is 63.4 Å². The Bertz CT molecular complexity index is 703. The molecule has 152 valence electrons. The normalized spacial score (nSPS) is 18.2. The predicted molar refractivity (Wildman–Crippen MR) is 110 cm³/mol. The van der Waals surface area contributed by atoms with Gasteiger partial charge in [0.05, 0.1) is 7.11 Å². The van der Waals surface area contributed by atoms with Crippen LogP contribution in [0.5, 0.6) is 5.75 Å². The SMILES string of the molecule is COc1ccc(C2(CNC(=O)C(=O)NCCC3=CCCCC3)CCCC2)cc1. The van der Waals surface area contributed by atoms with Gasteiger partial charge in [-0.3, -0.25) is 9.59 Å². The van der Waals surface area contributed by atoms with Gasteiger partial charge in [-0.25, -0.2) is 0 Å². The summed E-state index contributed by atoms with van der Waals surface area (Å²) in [5, 5.41) is 5.65. The Hall–Kier alpha value is -2.30. The van der Waals surface area contributed by atoms with Crippen LogP contribution in [-0.2, 0) is 15.0 Å². The third kappa shape index (κ3) is 5.15. The van der Waals surface area contributed by atoms with Crippen LogP contribution in [0.15, 0.2) is 35.9 Å². The van der Waals surface area contributed by atoms with Gasteiger partial charge in [0.1, 0.15) is 5.75 Å². The zero-order valence-corrected chi connectivity index (χ0v) is 16.9. The molecule has 0 aliphatic heterocycles. The molecule has 2 amide bonds. The molecule has 2 N–H and O–H groups in total. The van der Waals surface area contributed by atoms with Gasteiger partial charge in [0, 0.05) is 18.5 Å². The van der Waals surface area contributed by atoms with E-state index in [1.807, 2.05) is 12.1 Å². The van der Waals surface area contributed by atoms with E-state index in [1.165, 1.54) is 24.0 Å². The standard InChI is InChI=1S/C23H32N2O3/c1-28-20-11-9-19(10-12-20)23(14-5-6-15-23)17-25-22(27)21(26)24-16-13-18-7-3-2-4-8-18/h7,9-12H,2-6,8,13-17H2,1H3,(H,24,26)(H,25,27). The highest BCUT2D eigenvalue weighted by Gasteiger charge is 2.36. The number of nitrogens with one attached hydrogen (secondary N) is 2. The molecule has 1 aromatic carbocycles. The minimum atomic E-state index is -0.530. The molecule has 0 spiro atoms. The zero-order chi connectivity index (χ0) is 19.8. The molecule has 5 heteroatoms. The van der Waals surface area contributed by atoms with E-state index in [9.17, 15) is 9.59 Å². The fourth-order valence-electron chi connectivity index (χ4n) is 4.44. The van der Waals surface area contributed by atoms with Crippen molar-refractivity contribution in [3.63, 3.8) is 0 Å². The van der Waals surface area contributed by atoms with Crippen LogP contribution < -0.4 is 15.4 Å². The first kappa shape index (κ1) is 20.4. The van der Waals surface area contributed by atoms with Gasteiger partial charge in [-0.2, -0.15) is 0 Å². The molecule has 0 radical (unpaired) electrons. The molecule has 0 heterocycles. The lowest BCUT2D eigenvalue weighted by molar-refractivity contribution is -0.139. The predicted octanol–water partition coefficient (Wildman–Crippen LogP) is 3.63. The van der Waals surface area contributed by atoms with Crippen molar-refractivity contribution in [2.24, 2.45) is 0 Å². The number of benzene rings is 1. The molecule has 5 nitrogen and oxygen atoms in total. The van der Waals surface area contributed by atoms with Crippen molar-refractivity contribution in [2.75, 3.05) is 20.2 Å². The van der Waals surface area contributed by atoms with E-state index in [2.05, 4.69) is 28.8 Å². The highest BCUT2D eigenvalue weighted by atomic mass is 16.5. The number of carbonyl (C=O) groups excluding carboxylic acids is 2. The van der Waals surface area contributed by atoms with Gasteiger partial charge < -0.3 is 15.4 Å². The number of amides is 2. The minimum Gasteiger partial charge on any atom is -0.497 e. The maximum atomic E-state index is 12.3. The molecule has 0 unspecified atom stereocenters. The van der Waals surface area contributed by atoms with Crippen LogP contribution in [0.4, 0.5) is 0 Å². The van der Waals surface area contributed by atoms with E-state index in [0.29, 0.717) is 13.1 Å². The quantitative estimate of drug-likeness (QED) is 0.557. The second-order valence-corrected chi connectivity index (χ2v) is 8.01. The van der Waals surface area contributed by atoms with Crippen LogP contribution in [0.3, 0.4) is 0 Å². The van der Waals surface area contributed by atoms with E-state index < -0.39 is 11.8 Å². The van der Waals surface area contributed by atoms with E-state index in [1.54, 1.807) is 7.11 Å². The number of ether oxygens (including phenoxy) is 1. The third-order valence-electron chi connectivity index (χ3n) is 6.17. The van der Waals surface area contributed by atoms with E-state index in [0.717, 1.165) is 50.7 Å². The molecule has 0 atom stereocenters. The maximum absolute atomic E-state index is 12.3. The molecule has 2 aliphatic rings. The van der Waals surface area contributed by atoms with Crippen LogP contribution in [0, 0.1) is 0 Å². The topological polar surface area (TPSA) is 67.4 Å². The molecular formula is C23H32N2O3. The summed E-state index contributed by atoms with van der Waals surface area (Å²) in [4.78, 5) is 24.5. The molecule has 0 saturated heterocycles. The van der Waals surface area contributed by atoms with Gasteiger partial charge in [-0.1, -0.05) is 36.6 Å². The first-order valence-corrected chi connectivity index (χ1v) is 10.5. The molecular weight excluding hydrogens is 352 g/mol. The van der Waals surface area contributed by atoms with Gasteiger partial charge in [0.25, 0.3) is 0 Å². The molecule has 3 rings (SSSR count). The minimum absolute atomic E-state index is 0.0882. The van der Waals surface area contributed by atoms with Crippen LogP contribution >= 0.6 is 0 Å². The summed E-state index contributed by atoms with van der Waals surface area (Å²) >= 11 is 0. The number of carbonyl (C=O) groups is 2. The van der Waals surface area contributed by atoms with Crippen molar-refractivity contribution in [1.82, 2.24) is 10.6 Å². The average molecular weight is 385 g/mol. The van der Waals surface area contributed by atoms with Crippen molar-refractivity contribution in [2.45, 2.75) is 63.2 Å². The highest BCUT2D eigenvalue weighted by Crippen LogP contribution is 2.41. The molecule has 0 aromatic heterocycles. The summed E-state index contributed by atoms with van der Waals surface area (Å²) in [6.45, 7) is 1.03. The molecule has 0 bridgehead atoms. The largest absolute Gasteiger partial charge is 0.497 e. The number of allylic oxidation sites excluding steroid dienone is 1. The fraction of sp³-hybridized carbons (Fsp3) is 0.565. The Labute approximate surface area is 167 Å². The van der Waals surface area contributed by atoms with Gasteiger partial charge in [0.15, 0.2) is 0 Å². The first-order chi connectivity index (χ1) is 13.6. The average Bonchev–Trinajstić information content (AvgIpc) is 3.23. The maximum Gasteiger partial charge on any atom is 0.309 e. The third-order valence-corrected chi connectivity index (χ3v) is 6.17. The highest BCUT2D eigenvalue weighted by molar-refractivity contribution is 6.35. The van der Waals surface area contributed by atoms with Crippen molar-refractivity contribution in [3.8, 4) is 5.75 Å². The van der Waals surface area contributed by atoms with Crippen LogP contribution in [0.2, 0.25) is 0 Å². The summed E-state index contributed by atoms with van der Waals surface area (Å²) in [6.07, 6.45) is 12.2. The summed E-state index contributed by atoms with van der Waals surface area (Å²) in [5.41, 5.74) is 2.52. The van der Waals surface area contributed by atoms with E-state index in [4.69, 9.17) is 4.74 Å². The van der Waals surface area contributed by atoms with Crippen molar-refractivity contribution in [1.29, 1.82) is 0 Å². The first-order valence-electron chi connectivity index (χ1n) is 10.5. The van der Waals surface area contributed by atoms with E-state index in [-0.39, 0.29) is 5.41 Å². The number of methoxy groups -OCH3 is 1. The number of hydrogen-bond donors (Lipinski definition) is 2. The molecule has 2 aliphatic carbocycles. The fourth-order valence-corrected chi connectivity index (χ4v) is 4.44. The van der Waals surface area contributed by atoms with Gasteiger partial charge in [0.2, 0.25) is 0 Å². The van der Waals surface area contributed by atoms with Gasteiger partial charge in [-0.05, 0) is 62.6 Å². The number of hydrogen-bond acceptors (Lipinski definition) is 3. The summed E-state index contributed by atoms with van der Waals surface area (Å²) in [6, 6.07) is 8.08.